The molecule has 19 heavy (non-hydrogen) atoms. The summed E-state index contributed by atoms with van der Waals surface area (Å²) in [6.45, 7) is 2.00. The SMILES string of the molecule is Cc1cc(Cl)ccc1-c1nc(N)c(Br)c(C2CC2)n1. The van der Waals surface area contributed by atoms with Gasteiger partial charge in [0.1, 0.15) is 5.82 Å². The third kappa shape index (κ3) is 2.47. The lowest BCUT2D eigenvalue weighted by Crippen LogP contribution is -2.02. The molecule has 2 N–H and O–H groups in total. The molecule has 0 amide bonds. The summed E-state index contributed by atoms with van der Waals surface area (Å²) in [6.07, 6.45) is 2.35. The van der Waals surface area contributed by atoms with Crippen LogP contribution in [0, 0.1) is 6.92 Å². The van der Waals surface area contributed by atoms with Crippen molar-refractivity contribution in [2.45, 2.75) is 25.7 Å². The smallest absolute Gasteiger partial charge is 0.162 e. The van der Waals surface area contributed by atoms with Crippen molar-refractivity contribution in [3.8, 4) is 11.4 Å². The maximum atomic E-state index is 5.98. The fourth-order valence-electron chi connectivity index (χ4n) is 2.11. The molecule has 2 aromatic rings. The van der Waals surface area contributed by atoms with Gasteiger partial charge >= 0.3 is 0 Å². The maximum Gasteiger partial charge on any atom is 0.162 e. The van der Waals surface area contributed by atoms with E-state index in [1.54, 1.807) is 0 Å². The molecule has 1 saturated carbocycles. The summed E-state index contributed by atoms with van der Waals surface area (Å²) in [7, 11) is 0. The third-order valence-electron chi connectivity index (χ3n) is 3.30. The summed E-state index contributed by atoms with van der Waals surface area (Å²) in [6, 6.07) is 5.70. The molecule has 98 valence electrons. The fourth-order valence-corrected chi connectivity index (χ4v) is 2.84. The van der Waals surface area contributed by atoms with Crippen molar-refractivity contribution < 1.29 is 0 Å². The average molecular weight is 339 g/mol. The molecule has 1 aromatic heterocycles. The van der Waals surface area contributed by atoms with Gasteiger partial charge in [0.05, 0.1) is 10.2 Å². The Labute approximate surface area is 125 Å². The third-order valence-corrected chi connectivity index (χ3v) is 4.34. The largest absolute Gasteiger partial charge is 0.383 e. The number of hydrogen-bond acceptors (Lipinski definition) is 3. The normalized spacial score (nSPS) is 14.7. The number of aryl methyl sites for hydroxylation is 1. The Hall–Kier alpha value is -1.13. The molecule has 0 unspecified atom stereocenters. The monoisotopic (exact) mass is 337 g/mol. The lowest BCUT2D eigenvalue weighted by molar-refractivity contribution is 0.983. The molecule has 0 bridgehead atoms. The number of nitrogens with zero attached hydrogens (tertiary/aromatic N) is 2. The van der Waals surface area contributed by atoms with Gasteiger partial charge in [-0.2, -0.15) is 0 Å². The second-order valence-corrected chi connectivity index (χ2v) is 6.09. The first-order valence-electron chi connectivity index (χ1n) is 6.15. The standard InChI is InChI=1S/C14H13BrClN3/c1-7-6-9(16)4-5-10(7)14-18-12(8-2-3-8)11(15)13(17)19-14/h4-6,8H,2-3H2,1H3,(H2,17,18,19). The van der Waals surface area contributed by atoms with Crippen LogP contribution in [0.4, 0.5) is 5.82 Å². The first-order chi connectivity index (χ1) is 9.06. The molecule has 1 aliphatic carbocycles. The van der Waals surface area contributed by atoms with Crippen LogP contribution in [-0.2, 0) is 0 Å². The zero-order valence-corrected chi connectivity index (χ0v) is 12.8. The number of aromatic nitrogens is 2. The van der Waals surface area contributed by atoms with Crippen LogP contribution < -0.4 is 5.73 Å². The number of nitrogens with two attached hydrogens (primary N) is 1. The summed E-state index contributed by atoms with van der Waals surface area (Å²) in [5.41, 5.74) is 9.03. The second-order valence-electron chi connectivity index (χ2n) is 4.87. The van der Waals surface area contributed by atoms with Gasteiger partial charge in [-0.3, -0.25) is 0 Å². The Morgan fingerprint density at radius 1 is 1.32 bits per heavy atom. The lowest BCUT2D eigenvalue weighted by Gasteiger charge is -2.10. The van der Waals surface area contributed by atoms with Crippen molar-refractivity contribution in [1.82, 2.24) is 9.97 Å². The van der Waals surface area contributed by atoms with Gasteiger partial charge in [-0.05, 0) is 59.5 Å². The van der Waals surface area contributed by atoms with E-state index in [-0.39, 0.29) is 0 Å². The van der Waals surface area contributed by atoms with Crippen LogP contribution in [0.5, 0.6) is 0 Å². The van der Waals surface area contributed by atoms with E-state index in [1.165, 1.54) is 12.8 Å². The first-order valence-corrected chi connectivity index (χ1v) is 7.33. The molecule has 5 heteroatoms. The molecular formula is C14H13BrClN3. The Morgan fingerprint density at radius 2 is 2.05 bits per heavy atom. The van der Waals surface area contributed by atoms with E-state index in [2.05, 4.69) is 25.9 Å². The highest BCUT2D eigenvalue weighted by atomic mass is 79.9. The highest BCUT2D eigenvalue weighted by molar-refractivity contribution is 9.10. The number of rotatable bonds is 2. The van der Waals surface area contributed by atoms with E-state index in [0.717, 1.165) is 21.3 Å². The van der Waals surface area contributed by atoms with Gasteiger partial charge in [0.25, 0.3) is 0 Å². The van der Waals surface area contributed by atoms with E-state index in [9.17, 15) is 0 Å². The summed E-state index contributed by atoms with van der Waals surface area (Å²) in [5, 5.41) is 0.716. The van der Waals surface area contributed by atoms with Gasteiger partial charge in [0.2, 0.25) is 0 Å². The van der Waals surface area contributed by atoms with Gasteiger partial charge < -0.3 is 5.73 Å². The molecule has 3 rings (SSSR count). The van der Waals surface area contributed by atoms with E-state index in [0.29, 0.717) is 22.6 Å². The summed E-state index contributed by atoms with van der Waals surface area (Å²) >= 11 is 9.47. The molecule has 1 aromatic carbocycles. The van der Waals surface area contributed by atoms with Crippen LogP contribution in [-0.4, -0.2) is 9.97 Å². The Bertz CT molecular complexity index is 653. The molecule has 0 aliphatic heterocycles. The number of nitrogen functional groups attached to an aromatic ring is 1. The van der Waals surface area contributed by atoms with Crippen LogP contribution in [0.2, 0.25) is 5.02 Å². The minimum absolute atomic E-state index is 0.501. The maximum absolute atomic E-state index is 5.98. The molecule has 0 radical (unpaired) electrons. The zero-order chi connectivity index (χ0) is 13.6. The van der Waals surface area contributed by atoms with E-state index in [4.69, 9.17) is 17.3 Å². The molecular weight excluding hydrogens is 326 g/mol. The number of anilines is 1. The predicted molar refractivity (Wildman–Crippen MR) is 81.3 cm³/mol. The molecule has 0 saturated heterocycles. The van der Waals surface area contributed by atoms with Crippen molar-refractivity contribution in [2.24, 2.45) is 0 Å². The van der Waals surface area contributed by atoms with E-state index in [1.807, 2.05) is 25.1 Å². The molecule has 1 fully saturated rings. The zero-order valence-electron chi connectivity index (χ0n) is 10.5. The van der Waals surface area contributed by atoms with Crippen molar-refractivity contribution in [3.05, 3.63) is 39.0 Å². The minimum Gasteiger partial charge on any atom is -0.383 e. The van der Waals surface area contributed by atoms with Crippen molar-refractivity contribution in [3.63, 3.8) is 0 Å². The summed E-state index contributed by atoms with van der Waals surface area (Å²) in [5.74, 6) is 1.70. The van der Waals surface area contributed by atoms with Crippen molar-refractivity contribution in [2.75, 3.05) is 5.73 Å². The van der Waals surface area contributed by atoms with Gasteiger partial charge in [-0.1, -0.05) is 11.6 Å². The van der Waals surface area contributed by atoms with Crippen molar-refractivity contribution >= 4 is 33.3 Å². The molecule has 3 nitrogen and oxygen atoms in total. The van der Waals surface area contributed by atoms with Gasteiger partial charge in [0.15, 0.2) is 5.82 Å². The highest BCUT2D eigenvalue weighted by Gasteiger charge is 2.29. The molecule has 1 aliphatic rings. The fraction of sp³-hybridized carbons (Fsp3) is 0.286. The quantitative estimate of drug-likeness (QED) is 0.887. The Morgan fingerprint density at radius 3 is 2.68 bits per heavy atom. The topological polar surface area (TPSA) is 51.8 Å². The van der Waals surface area contributed by atoms with Gasteiger partial charge in [0, 0.05) is 16.5 Å². The molecule has 1 heterocycles. The van der Waals surface area contributed by atoms with Crippen LogP contribution in [0.15, 0.2) is 22.7 Å². The van der Waals surface area contributed by atoms with E-state index >= 15 is 0 Å². The number of benzene rings is 1. The van der Waals surface area contributed by atoms with E-state index < -0.39 is 0 Å². The van der Waals surface area contributed by atoms with Gasteiger partial charge in [-0.25, -0.2) is 9.97 Å². The average Bonchev–Trinajstić information content (AvgIpc) is 3.17. The minimum atomic E-state index is 0.501. The highest BCUT2D eigenvalue weighted by Crippen LogP contribution is 2.44. The van der Waals surface area contributed by atoms with Crippen molar-refractivity contribution in [1.29, 1.82) is 0 Å². The lowest BCUT2D eigenvalue weighted by atomic mass is 10.1. The molecule has 0 atom stereocenters. The number of halogens is 2. The second kappa shape index (κ2) is 4.76. The molecule has 0 spiro atoms. The Kier molecular flexibility index (Phi) is 3.23. The van der Waals surface area contributed by atoms with Gasteiger partial charge in [-0.15, -0.1) is 0 Å². The van der Waals surface area contributed by atoms with Crippen LogP contribution in [0.1, 0.15) is 30.0 Å². The number of hydrogen-bond donors (Lipinski definition) is 1. The summed E-state index contributed by atoms with van der Waals surface area (Å²) in [4.78, 5) is 9.06. The predicted octanol–water partition coefficient (Wildman–Crippen LogP) is 4.33. The first kappa shape index (κ1) is 12.9. The van der Waals surface area contributed by atoms with Crippen LogP contribution in [0.25, 0.3) is 11.4 Å². The van der Waals surface area contributed by atoms with Crippen LogP contribution in [0.3, 0.4) is 0 Å². The summed E-state index contributed by atoms with van der Waals surface area (Å²) < 4.78 is 0.838. The van der Waals surface area contributed by atoms with Crippen LogP contribution >= 0.6 is 27.5 Å². The Balaban J connectivity index is 2.14.